The second-order valence-electron chi connectivity index (χ2n) is 7.40. The highest BCUT2D eigenvalue weighted by molar-refractivity contribution is 6.21. The van der Waals surface area contributed by atoms with Gasteiger partial charge >= 0.3 is 0 Å². The van der Waals surface area contributed by atoms with Crippen LogP contribution in [0.3, 0.4) is 0 Å². The average Bonchev–Trinajstić information content (AvgIpc) is 2.90. The molecule has 3 amide bonds. The van der Waals surface area contributed by atoms with Gasteiger partial charge < -0.3 is 4.90 Å². The number of imide groups is 1. The Balaban J connectivity index is 1.41. The molecule has 1 aliphatic carbocycles. The van der Waals surface area contributed by atoms with E-state index in [1.165, 1.54) is 30.6 Å². The van der Waals surface area contributed by atoms with Crippen molar-refractivity contribution < 1.29 is 14.4 Å². The van der Waals surface area contributed by atoms with Crippen LogP contribution in [-0.4, -0.2) is 46.7 Å². The van der Waals surface area contributed by atoms with Crippen LogP contribution in [0.25, 0.3) is 0 Å². The summed E-state index contributed by atoms with van der Waals surface area (Å²) in [6.07, 6.45) is 7.33. The van der Waals surface area contributed by atoms with Gasteiger partial charge in [-0.05, 0) is 43.7 Å². The minimum Gasteiger partial charge on any atom is -0.339 e. The molecule has 1 aromatic carbocycles. The van der Waals surface area contributed by atoms with Gasteiger partial charge in [0.1, 0.15) is 0 Å². The number of piperidine rings is 1. The van der Waals surface area contributed by atoms with Crippen molar-refractivity contribution in [1.29, 1.82) is 0 Å². The molecule has 5 nitrogen and oxygen atoms in total. The predicted molar refractivity (Wildman–Crippen MR) is 93.1 cm³/mol. The molecule has 0 N–H and O–H groups in total. The summed E-state index contributed by atoms with van der Waals surface area (Å²) in [6, 6.07) is 7.24. The summed E-state index contributed by atoms with van der Waals surface area (Å²) in [5.74, 6) is 0.184. The lowest BCUT2D eigenvalue weighted by molar-refractivity contribution is -0.137. The summed E-state index contributed by atoms with van der Waals surface area (Å²) in [5, 5.41) is 0. The summed E-state index contributed by atoms with van der Waals surface area (Å²) >= 11 is 0. The SMILES string of the molecule is O=C1c2ccccc2C(=O)N1CCC(=O)N1CCC[C@H]2CCCC[C@@H]21. The first-order valence-corrected chi connectivity index (χ1v) is 9.41. The Morgan fingerprint density at radius 2 is 1.60 bits per heavy atom. The Morgan fingerprint density at radius 1 is 0.960 bits per heavy atom. The molecule has 25 heavy (non-hydrogen) atoms. The van der Waals surface area contributed by atoms with E-state index < -0.39 is 0 Å². The maximum absolute atomic E-state index is 12.8. The van der Waals surface area contributed by atoms with Crippen molar-refractivity contribution in [2.24, 2.45) is 5.92 Å². The largest absolute Gasteiger partial charge is 0.339 e. The van der Waals surface area contributed by atoms with Crippen molar-refractivity contribution in [3.8, 4) is 0 Å². The number of hydrogen-bond acceptors (Lipinski definition) is 3. The van der Waals surface area contributed by atoms with E-state index in [9.17, 15) is 14.4 Å². The molecule has 2 aliphatic heterocycles. The monoisotopic (exact) mass is 340 g/mol. The topological polar surface area (TPSA) is 57.7 Å². The lowest BCUT2D eigenvalue weighted by Crippen LogP contribution is -2.50. The number of carbonyl (C=O) groups is 3. The smallest absolute Gasteiger partial charge is 0.261 e. The fourth-order valence-electron chi connectivity index (χ4n) is 4.73. The molecule has 132 valence electrons. The van der Waals surface area contributed by atoms with E-state index in [1.807, 2.05) is 4.90 Å². The molecule has 0 aromatic heterocycles. The number of likely N-dealkylation sites (tertiary alicyclic amines) is 1. The molecule has 3 aliphatic rings. The average molecular weight is 340 g/mol. The second-order valence-corrected chi connectivity index (χ2v) is 7.40. The molecular weight excluding hydrogens is 316 g/mol. The molecule has 0 spiro atoms. The fraction of sp³-hybridized carbons (Fsp3) is 0.550. The highest BCUT2D eigenvalue weighted by atomic mass is 16.2. The van der Waals surface area contributed by atoms with Crippen LogP contribution < -0.4 is 0 Å². The molecule has 1 aromatic rings. The third-order valence-corrected chi connectivity index (χ3v) is 5.99. The minimum atomic E-state index is -0.275. The number of carbonyl (C=O) groups excluding carboxylic acids is 3. The number of benzene rings is 1. The number of fused-ring (bicyclic) bond motifs is 2. The van der Waals surface area contributed by atoms with Crippen LogP contribution in [0, 0.1) is 5.92 Å². The fourth-order valence-corrected chi connectivity index (χ4v) is 4.73. The summed E-state index contributed by atoms with van der Waals surface area (Å²) in [6.45, 7) is 1.00. The van der Waals surface area contributed by atoms with Crippen molar-refractivity contribution in [2.75, 3.05) is 13.1 Å². The predicted octanol–water partition coefficient (Wildman–Crippen LogP) is 2.85. The van der Waals surface area contributed by atoms with E-state index in [-0.39, 0.29) is 30.7 Å². The summed E-state index contributed by atoms with van der Waals surface area (Å²) < 4.78 is 0. The van der Waals surface area contributed by atoms with E-state index in [4.69, 9.17) is 0 Å². The van der Waals surface area contributed by atoms with Gasteiger partial charge in [-0.25, -0.2) is 0 Å². The Labute approximate surface area is 148 Å². The van der Waals surface area contributed by atoms with Crippen LogP contribution in [0.4, 0.5) is 0 Å². The molecule has 1 saturated carbocycles. The van der Waals surface area contributed by atoms with Crippen LogP contribution in [0.15, 0.2) is 24.3 Å². The van der Waals surface area contributed by atoms with Gasteiger partial charge in [0.05, 0.1) is 11.1 Å². The van der Waals surface area contributed by atoms with E-state index in [0.29, 0.717) is 23.1 Å². The van der Waals surface area contributed by atoms with E-state index in [0.717, 1.165) is 19.4 Å². The number of nitrogens with zero attached hydrogens (tertiary/aromatic N) is 2. The molecular formula is C20H24N2O3. The lowest BCUT2D eigenvalue weighted by Gasteiger charge is -2.44. The highest BCUT2D eigenvalue weighted by Gasteiger charge is 2.38. The van der Waals surface area contributed by atoms with Crippen molar-refractivity contribution in [2.45, 2.75) is 51.0 Å². The second kappa shape index (κ2) is 6.62. The van der Waals surface area contributed by atoms with Crippen molar-refractivity contribution in [3.63, 3.8) is 0 Å². The molecule has 2 fully saturated rings. The minimum absolute atomic E-state index is 0.0909. The molecule has 0 bridgehead atoms. The molecule has 5 heteroatoms. The Morgan fingerprint density at radius 3 is 2.32 bits per heavy atom. The maximum atomic E-state index is 12.8. The van der Waals surface area contributed by atoms with Crippen LogP contribution >= 0.6 is 0 Å². The lowest BCUT2D eigenvalue weighted by atomic mass is 9.78. The maximum Gasteiger partial charge on any atom is 0.261 e. The first-order chi connectivity index (χ1) is 12.2. The molecule has 0 unspecified atom stereocenters. The zero-order chi connectivity index (χ0) is 17.4. The zero-order valence-electron chi connectivity index (χ0n) is 14.4. The Hall–Kier alpha value is -2.17. The molecule has 2 heterocycles. The van der Waals surface area contributed by atoms with E-state index in [2.05, 4.69) is 0 Å². The van der Waals surface area contributed by atoms with Crippen LogP contribution in [-0.2, 0) is 4.79 Å². The molecule has 0 radical (unpaired) electrons. The quantitative estimate of drug-likeness (QED) is 0.795. The van der Waals surface area contributed by atoms with Crippen molar-refractivity contribution in [3.05, 3.63) is 35.4 Å². The van der Waals surface area contributed by atoms with Gasteiger partial charge in [0.25, 0.3) is 11.8 Å². The molecule has 1 saturated heterocycles. The number of rotatable bonds is 3. The van der Waals surface area contributed by atoms with Crippen LogP contribution in [0.5, 0.6) is 0 Å². The molecule has 2 atom stereocenters. The third-order valence-electron chi connectivity index (χ3n) is 5.99. The van der Waals surface area contributed by atoms with Gasteiger partial charge in [0.15, 0.2) is 0 Å². The van der Waals surface area contributed by atoms with Crippen molar-refractivity contribution >= 4 is 17.7 Å². The Kier molecular flexibility index (Phi) is 4.32. The van der Waals surface area contributed by atoms with Crippen molar-refractivity contribution in [1.82, 2.24) is 9.80 Å². The first kappa shape index (κ1) is 16.3. The summed E-state index contributed by atoms with van der Waals surface area (Å²) in [4.78, 5) is 40.8. The first-order valence-electron chi connectivity index (χ1n) is 9.41. The van der Waals surface area contributed by atoms with Gasteiger partial charge in [-0.15, -0.1) is 0 Å². The van der Waals surface area contributed by atoms with Crippen LogP contribution in [0.1, 0.15) is 65.7 Å². The standard InChI is InChI=1S/C20H24N2O3/c23-18(21-12-5-7-14-6-1-4-10-17(14)21)11-13-22-19(24)15-8-2-3-9-16(15)20(22)25/h2-3,8-9,14,17H,1,4-7,10-13H2/t14-,17+/m1/s1. The van der Waals surface area contributed by atoms with Gasteiger partial charge in [0.2, 0.25) is 5.91 Å². The van der Waals surface area contributed by atoms with Gasteiger partial charge in [0, 0.05) is 25.6 Å². The number of hydrogen-bond donors (Lipinski definition) is 0. The summed E-state index contributed by atoms with van der Waals surface area (Å²) in [7, 11) is 0. The normalized spacial score (nSPS) is 25.8. The number of amides is 3. The Bertz CT molecular complexity index is 678. The van der Waals surface area contributed by atoms with E-state index >= 15 is 0 Å². The van der Waals surface area contributed by atoms with Gasteiger partial charge in [-0.2, -0.15) is 0 Å². The zero-order valence-corrected chi connectivity index (χ0v) is 14.4. The van der Waals surface area contributed by atoms with Crippen LogP contribution in [0.2, 0.25) is 0 Å². The van der Waals surface area contributed by atoms with Gasteiger partial charge in [-0.3, -0.25) is 19.3 Å². The third kappa shape index (κ3) is 2.86. The van der Waals surface area contributed by atoms with Gasteiger partial charge in [-0.1, -0.05) is 25.0 Å². The summed E-state index contributed by atoms with van der Waals surface area (Å²) in [5.41, 5.74) is 0.899. The molecule has 4 rings (SSSR count). The van der Waals surface area contributed by atoms with E-state index in [1.54, 1.807) is 24.3 Å². The highest BCUT2D eigenvalue weighted by Crippen LogP contribution is 2.35.